The molecule has 0 radical (unpaired) electrons. The van der Waals surface area contributed by atoms with E-state index in [2.05, 4.69) is 0 Å². The molecular formula is C12H12F2N2O4. The summed E-state index contributed by atoms with van der Waals surface area (Å²) in [6, 6.07) is 0.862. The number of amides is 1. The highest BCUT2D eigenvalue weighted by Crippen LogP contribution is 2.22. The summed E-state index contributed by atoms with van der Waals surface area (Å²) in [5.41, 5.74) is 0.391. The number of benzene rings is 1. The first-order valence-electron chi connectivity index (χ1n) is 6.08. The molecule has 6 nitrogen and oxygen atoms in total. The van der Waals surface area contributed by atoms with Gasteiger partial charge in [-0.15, -0.1) is 0 Å². The topological polar surface area (TPSA) is 81.5 Å². The van der Waals surface area contributed by atoms with Crippen molar-refractivity contribution in [3.8, 4) is 0 Å². The summed E-state index contributed by atoms with van der Waals surface area (Å²) in [6.07, 6.45) is 3.42. The number of hydrogen-bond donors (Lipinski definition) is 1. The van der Waals surface area contributed by atoms with Crippen molar-refractivity contribution >= 4 is 11.6 Å². The summed E-state index contributed by atoms with van der Waals surface area (Å²) in [5.74, 6) is -3.42. The van der Waals surface area contributed by atoms with Crippen molar-refractivity contribution in [2.45, 2.75) is 31.8 Å². The molecule has 0 heterocycles. The number of hydroxylamine groups is 1. The number of carbonyl (C=O) groups excluding carboxylic acids is 1. The zero-order chi connectivity index (χ0) is 14.7. The molecule has 2 rings (SSSR count). The second kappa shape index (κ2) is 5.91. The van der Waals surface area contributed by atoms with Crippen molar-refractivity contribution < 1.29 is 23.3 Å². The number of carbonyl (C=O) groups is 1. The minimum absolute atomic E-state index is 0.134. The largest absolute Gasteiger partial charge is 0.307 e. The highest BCUT2D eigenvalue weighted by molar-refractivity contribution is 5.94. The molecular weight excluding hydrogens is 274 g/mol. The first kappa shape index (κ1) is 14.3. The van der Waals surface area contributed by atoms with Gasteiger partial charge in [-0.2, -0.15) is 4.39 Å². The molecule has 20 heavy (non-hydrogen) atoms. The third-order valence-corrected chi connectivity index (χ3v) is 3.10. The third-order valence-electron chi connectivity index (χ3n) is 3.10. The van der Waals surface area contributed by atoms with Gasteiger partial charge in [-0.05, 0) is 18.9 Å². The van der Waals surface area contributed by atoms with E-state index in [-0.39, 0.29) is 6.10 Å². The first-order chi connectivity index (χ1) is 9.49. The number of nitro benzene ring substituents is 1. The van der Waals surface area contributed by atoms with Crippen LogP contribution in [0.4, 0.5) is 14.5 Å². The monoisotopic (exact) mass is 286 g/mol. The molecule has 108 valence electrons. The van der Waals surface area contributed by atoms with Gasteiger partial charge in [-0.25, -0.2) is 9.87 Å². The molecule has 1 aliphatic rings. The highest BCUT2D eigenvalue weighted by atomic mass is 19.1. The highest BCUT2D eigenvalue weighted by Gasteiger charge is 2.23. The normalized spacial score (nSPS) is 15.3. The van der Waals surface area contributed by atoms with Gasteiger partial charge in [-0.3, -0.25) is 19.7 Å². The van der Waals surface area contributed by atoms with Crippen molar-refractivity contribution in [2.75, 3.05) is 0 Å². The average Bonchev–Trinajstić information content (AvgIpc) is 2.91. The quantitative estimate of drug-likeness (QED) is 0.681. The molecule has 1 fully saturated rings. The molecule has 0 unspecified atom stereocenters. The Kier molecular flexibility index (Phi) is 4.23. The van der Waals surface area contributed by atoms with Gasteiger partial charge in [0, 0.05) is 0 Å². The smallest absolute Gasteiger partial charge is 0.270 e. The number of halogens is 2. The molecule has 0 spiro atoms. The summed E-state index contributed by atoms with van der Waals surface area (Å²) in [5, 5.41) is 10.4. The van der Waals surface area contributed by atoms with Gasteiger partial charge in [0.05, 0.1) is 22.7 Å². The molecule has 1 N–H and O–H groups in total. The first-order valence-corrected chi connectivity index (χ1v) is 6.08. The van der Waals surface area contributed by atoms with Crippen LogP contribution in [0.2, 0.25) is 0 Å². The standard InChI is InChI=1S/C12H12F2N2O4/c13-9-6-11(16(18)19)10(14)5-8(9)12(17)15-20-7-3-1-2-4-7/h5-7H,1-4H2,(H,15,17). The molecule has 0 bridgehead atoms. The van der Waals surface area contributed by atoms with Crippen LogP contribution >= 0.6 is 0 Å². The van der Waals surface area contributed by atoms with E-state index in [4.69, 9.17) is 4.84 Å². The molecule has 1 aromatic rings. The lowest BCUT2D eigenvalue weighted by molar-refractivity contribution is -0.387. The Balaban J connectivity index is 2.09. The van der Waals surface area contributed by atoms with Crippen LogP contribution in [0.1, 0.15) is 36.0 Å². The van der Waals surface area contributed by atoms with E-state index in [1.165, 1.54) is 0 Å². The van der Waals surface area contributed by atoms with Crippen LogP contribution < -0.4 is 5.48 Å². The maximum Gasteiger partial charge on any atom is 0.307 e. The summed E-state index contributed by atoms with van der Waals surface area (Å²) in [4.78, 5) is 26.1. The lowest BCUT2D eigenvalue weighted by Gasteiger charge is -2.11. The second-order valence-corrected chi connectivity index (χ2v) is 4.50. The lowest BCUT2D eigenvalue weighted by atomic mass is 10.1. The molecule has 0 saturated heterocycles. The fraction of sp³-hybridized carbons (Fsp3) is 0.417. The molecule has 0 atom stereocenters. The van der Waals surface area contributed by atoms with Crippen molar-refractivity contribution in [3.63, 3.8) is 0 Å². The van der Waals surface area contributed by atoms with Gasteiger partial charge < -0.3 is 0 Å². The zero-order valence-electron chi connectivity index (χ0n) is 10.4. The fourth-order valence-electron chi connectivity index (χ4n) is 2.05. The van der Waals surface area contributed by atoms with Crippen LogP contribution in [0.5, 0.6) is 0 Å². The van der Waals surface area contributed by atoms with E-state index in [9.17, 15) is 23.7 Å². The molecule has 1 amide bonds. The van der Waals surface area contributed by atoms with E-state index in [1.54, 1.807) is 0 Å². The Morgan fingerprint density at radius 3 is 2.55 bits per heavy atom. The van der Waals surface area contributed by atoms with E-state index in [0.29, 0.717) is 12.1 Å². The summed E-state index contributed by atoms with van der Waals surface area (Å²) < 4.78 is 26.9. The third kappa shape index (κ3) is 3.08. The minimum atomic E-state index is -1.28. The van der Waals surface area contributed by atoms with Crippen molar-refractivity contribution in [2.24, 2.45) is 0 Å². The van der Waals surface area contributed by atoms with Crippen molar-refractivity contribution in [1.82, 2.24) is 5.48 Å². The lowest BCUT2D eigenvalue weighted by Crippen LogP contribution is -2.29. The molecule has 1 aromatic carbocycles. The zero-order valence-corrected chi connectivity index (χ0v) is 10.4. The Morgan fingerprint density at radius 2 is 1.95 bits per heavy atom. The molecule has 0 aliphatic heterocycles. The Morgan fingerprint density at radius 1 is 1.30 bits per heavy atom. The van der Waals surface area contributed by atoms with E-state index in [1.807, 2.05) is 5.48 Å². The van der Waals surface area contributed by atoms with Crippen molar-refractivity contribution in [1.29, 1.82) is 0 Å². The SMILES string of the molecule is O=C(NOC1CCCC1)c1cc(F)c([N+](=O)[O-])cc1F. The van der Waals surface area contributed by atoms with Crippen LogP contribution in [-0.2, 0) is 4.84 Å². The number of nitro groups is 1. The minimum Gasteiger partial charge on any atom is -0.270 e. The van der Waals surface area contributed by atoms with Gasteiger partial charge in [0.25, 0.3) is 5.91 Å². The van der Waals surface area contributed by atoms with Gasteiger partial charge in [0.2, 0.25) is 5.82 Å². The molecule has 1 aliphatic carbocycles. The number of nitrogens with zero attached hydrogens (tertiary/aromatic N) is 1. The van der Waals surface area contributed by atoms with E-state index >= 15 is 0 Å². The average molecular weight is 286 g/mol. The molecule has 1 saturated carbocycles. The van der Waals surface area contributed by atoms with Crippen LogP contribution in [0.25, 0.3) is 0 Å². The second-order valence-electron chi connectivity index (χ2n) is 4.50. The summed E-state index contributed by atoms with van der Waals surface area (Å²) >= 11 is 0. The van der Waals surface area contributed by atoms with Gasteiger partial charge in [0.1, 0.15) is 5.82 Å². The number of rotatable bonds is 4. The van der Waals surface area contributed by atoms with E-state index in [0.717, 1.165) is 25.7 Å². The molecule has 8 heteroatoms. The fourth-order valence-corrected chi connectivity index (χ4v) is 2.05. The number of hydrogen-bond acceptors (Lipinski definition) is 4. The van der Waals surface area contributed by atoms with Gasteiger partial charge in [-0.1, -0.05) is 12.8 Å². The van der Waals surface area contributed by atoms with Crippen molar-refractivity contribution in [3.05, 3.63) is 39.4 Å². The van der Waals surface area contributed by atoms with Crippen LogP contribution in [0.15, 0.2) is 12.1 Å². The van der Waals surface area contributed by atoms with Crippen LogP contribution in [0, 0.1) is 21.7 Å². The van der Waals surface area contributed by atoms with Gasteiger partial charge >= 0.3 is 5.69 Å². The van der Waals surface area contributed by atoms with E-state index < -0.39 is 33.7 Å². The number of nitrogens with one attached hydrogen (secondary N) is 1. The molecule has 0 aromatic heterocycles. The van der Waals surface area contributed by atoms with Gasteiger partial charge in [0.15, 0.2) is 0 Å². The summed E-state index contributed by atoms with van der Waals surface area (Å²) in [7, 11) is 0. The predicted molar refractivity (Wildman–Crippen MR) is 63.8 cm³/mol. The van der Waals surface area contributed by atoms with Crippen LogP contribution in [0.3, 0.4) is 0 Å². The maximum atomic E-state index is 13.6. The Hall–Kier alpha value is -2.09. The summed E-state index contributed by atoms with van der Waals surface area (Å²) in [6.45, 7) is 0. The predicted octanol–water partition coefficient (Wildman–Crippen LogP) is 2.48. The Labute approximate surface area is 112 Å². The maximum absolute atomic E-state index is 13.6. The Bertz CT molecular complexity index is 545. The van der Waals surface area contributed by atoms with Crippen LogP contribution in [-0.4, -0.2) is 16.9 Å².